The Balaban J connectivity index is 1.64. The predicted octanol–water partition coefficient (Wildman–Crippen LogP) is 3.91. The molecular formula is C17H30O2. The Morgan fingerprint density at radius 1 is 1.05 bits per heavy atom. The maximum atomic E-state index is 11.0. The zero-order chi connectivity index (χ0) is 13.5. The largest absolute Gasteiger partial charge is 0.387 e. The molecule has 0 aliphatic heterocycles. The Morgan fingerprint density at radius 3 is 2.37 bits per heavy atom. The molecule has 110 valence electrons. The van der Waals surface area contributed by atoms with E-state index >= 15 is 0 Å². The van der Waals surface area contributed by atoms with Gasteiger partial charge in [-0.2, -0.15) is 0 Å². The van der Waals surface area contributed by atoms with Gasteiger partial charge >= 0.3 is 0 Å². The van der Waals surface area contributed by atoms with Crippen molar-refractivity contribution in [2.45, 2.75) is 82.8 Å². The highest BCUT2D eigenvalue weighted by molar-refractivity contribution is 5.14. The van der Waals surface area contributed by atoms with Crippen LogP contribution in [0, 0.1) is 17.8 Å². The topological polar surface area (TPSA) is 29.5 Å². The van der Waals surface area contributed by atoms with Crippen molar-refractivity contribution < 1.29 is 9.84 Å². The Kier molecular flexibility index (Phi) is 3.68. The van der Waals surface area contributed by atoms with Gasteiger partial charge in [0.15, 0.2) is 0 Å². The van der Waals surface area contributed by atoms with Crippen LogP contribution in [0.2, 0.25) is 0 Å². The Labute approximate surface area is 117 Å². The van der Waals surface area contributed by atoms with E-state index in [-0.39, 0.29) is 5.60 Å². The summed E-state index contributed by atoms with van der Waals surface area (Å²) in [5, 5.41) is 11.0. The lowest BCUT2D eigenvalue weighted by Gasteiger charge is -2.63. The molecule has 3 atom stereocenters. The normalized spacial score (nSPS) is 47.8. The third kappa shape index (κ3) is 2.25. The first-order chi connectivity index (χ1) is 9.07. The monoisotopic (exact) mass is 266 g/mol. The van der Waals surface area contributed by atoms with Crippen molar-refractivity contribution in [3.05, 3.63) is 0 Å². The smallest absolute Gasteiger partial charge is 0.0973 e. The number of hydrogen-bond donors (Lipinski definition) is 1. The van der Waals surface area contributed by atoms with Crippen molar-refractivity contribution in [2.24, 2.45) is 17.8 Å². The first kappa shape index (κ1) is 13.9. The third-order valence-electron chi connectivity index (χ3n) is 6.23. The van der Waals surface area contributed by atoms with E-state index in [1.807, 2.05) is 0 Å². The van der Waals surface area contributed by atoms with E-state index < -0.39 is 5.60 Å². The molecule has 0 aromatic carbocycles. The zero-order valence-electron chi connectivity index (χ0n) is 12.7. The van der Waals surface area contributed by atoms with Gasteiger partial charge in [-0.3, -0.25) is 0 Å². The average molecular weight is 266 g/mol. The average Bonchev–Trinajstić information content (AvgIpc) is 2.35. The molecular weight excluding hydrogens is 236 g/mol. The molecule has 0 aromatic heterocycles. The Morgan fingerprint density at radius 2 is 1.74 bits per heavy atom. The molecule has 3 unspecified atom stereocenters. The van der Waals surface area contributed by atoms with Gasteiger partial charge in [-0.05, 0) is 63.2 Å². The maximum Gasteiger partial charge on any atom is 0.0973 e. The molecule has 0 saturated heterocycles. The van der Waals surface area contributed by atoms with Crippen molar-refractivity contribution in [2.75, 3.05) is 6.61 Å². The van der Waals surface area contributed by atoms with E-state index in [1.165, 1.54) is 38.5 Å². The van der Waals surface area contributed by atoms with E-state index in [4.69, 9.17) is 4.74 Å². The van der Waals surface area contributed by atoms with Gasteiger partial charge in [-0.15, -0.1) is 0 Å². The molecule has 0 heterocycles. The Hall–Kier alpha value is -0.0800. The lowest BCUT2D eigenvalue weighted by molar-refractivity contribution is -0.278. The molecule has 2 heteroatoms. The minimum absolute atomic E-state index is 0.200. The predicted molar refractivity (Wildman–Crippen MR) is 77.0 cm³/mol. The number of unbranched alkanes of at least 4 members (excludes halogenated alkanes) is 3. The molecule has 4 fully saturated rings. The van der Waals surface area contributed by atoms with Crippen LogP contribution in [0.5, 0.6) is 0 Å². The molecule has 19 heavy (non-hydrogen) atoms. The quantitative estimate of drug-likeness (QED) is 0.739. The van der Waals surface area contributed by atoms with Crippen LogP contribution < -0.4 is 0 Å². The summed E-state index contributed by atoms with van der Waals surface area (Å²) < 4.78 is 6.35. The molecule has 0 aromatic rings. The summed E-state index contributed by atoms with van der Waals surface area (Å²) in [5.74, 6) is 2.15. The highest BCUT2D eigenvalue weighted by atomic mass is 16.5. The first-order valence-corrected chi connectivity index (χ1v) is 8.44. The number of hydrogen-bond acceptors (Lipinski definition) is 2. The highest BCUT2D eigenvalue weighted by Crippen LogP contribution is 2.61. The molecule has 4 aliphatic carbocycles. The second kappa shape index (κ2) is 5.04. The van der Waals surface area contributed by atoms with Crippen LogP contribution in [0.4, 0.5) is 0 Å². The SMILES string of the molecule is CCCCCCOC12CC3CC(CC(C3)C1(C)O)C2. The van der Waals surface area contributed by atoms with Crippen molar-refractivity contribution in [1.82, 2.24) is 0 Å². The van der Waals surface area contributed by atoms with Crippen LogP contribution in [-0.2, 0) is 4.74 Å². The number of aliphatic hydroxyl groups is 1. The standard InChI is InChI=1S/C17H30O2/c1-3-4-5-6-7-19-17-11-13-8-14(12-17)10-15(9-13)16(17,2)18/h13-15,18H,3-12H2,1-2H3. The fraction of sp³-hybridized carbons (Fsp3) is 1.00. The molecule has 4 rings (SSSR count). The van der Waals surface area contributed by atoms with Crippen molar-refractivity contribution in [1.29, 1.82) is 0 Å². The second-order valence-electron chi connectivity index (χ2n) is 7.60. The summed E-state index contributed by atoms with van der Waals surface area (Å²) in [5.41, 5.74) is -0.779. The van der Waals surface area contributed by atoms with Crippen molar-refractivity contribution >= 4 is 0 Å². The first-order valence-electron chi connectivity index (χ1n) is 8.44. The van der Waals surface area contributed by atoms with Gasteiger partial charge in [0.1, 0.15) is 0 Å². The van der Waals surface area contributed by atoms with Crippen LogP contribution in [0.3, 0.4) is 0 Å². The van der Waals surface area contributed by atoms with Gasteiger partial charge in [-0.1, -0.05) is 26.2 Å². The van der Waals surface area contributed by atoms with Crippen molar-refractivity contribution in [3.8, 4) is 0 Å². The summed E-state index contributed by atoms with van der Waals surface area (Å²) in [6.07, 6.45) is 11.1. The zero-order valence-corrected chi connectivity index (χ0v) is 12.7. The van der Waals surface area contributed by atoms with E-state index in [0.717, 1.165) is 37.7 Å². The van der Waals surface area contributed by atoms with E-state index in [9.17, 15) is 5.11 Å². The molecule has 4 bridgehead atoms. The molecule has 0 amide bonds. The Bertz CT molecular complexity index is 309. The molecule has 4 aliphatic rings. The lowest BCUT2D eigenvalue weighted by atomic mass is 9.48. The van der Waals surface area contributed by atoms with Gasteiger partial charge in [0.05, 0.1) is 11.2 Å². The van der Waals surface area contributed by atoms with Crippen LogP contribution in [0.25, 0.3) is 0 Å². The van der Waals surface area contributed by atoms with E-state index in [1.54, 1.807) is 0 Å². The maximum absolute atomic E-state index is 11.0. The minimum Gasteiger partial charge on any atom is -0.387 e. The van der Waals surface area contributed by atoms with Crippen molar-refractivity contribution in [3.63, 3.8) is 0 Å². The molecule has 4 saturated carbocycles. The molecule has 0 radical (unpaired) electrons. The van der Waals surface area contributed by atoms with E-state index in [0.29, 0.717) is 5.92 Å². The van der Waals surface area contributed by atoms with Crippen LogP contribution in [-0.4, -0.2) is 22.9 Å². The van der Waals surface area contributed by atoms with Gasteiger partial charge in [0.2, 0.25) is 0 Å². The lowest BCUT2D eigenvalue weighted by Crippen LogP contribution is -2.68. The summed E-state index contributed by atoms with van der Waals surface area (Å²) in [7, 11) is 0. The summed E-state index contributed by atoms with van der Waals surface area (Å²) in [4.78, 5) is 0. The molecule has 1 N–H and O–H groups in total. The van der Waals surface area contributed by atoms with Gasteiger partial charge in [0.25, 0.3) is 0 Å². The summed E-state index contributed by atoms with van der Waals surface area (Å²) in [6, 6.07) is 0. The third-order valence-corrected chi connectivity index (χ3v) is 6.23. The van der Waals surface area contributed by atoms with Gasteiger partial charge < -0.3 is 9.84 Å². The molecule has 2 nitrogen and oxygen atoms in total. The second-order valence-corrected chi connectivity index (χ2v) is 7.60. The van der Waals surface area contributed by atoms with Crippen LogP contribution in [0.15, 0.2) is 0 Å². The van der Waals surface area contributed by atoms with E-state index in [2.05, 4.69) is 13.8 Å². The summed E-state index contributed by atoms with van der Waals surface area (Å²) >= 11 is 0. The summed E-state index contributed by atoms with van der Waals surface area (Å²) in [6.45, 7) is 5.15. The molecule has 0 spiro atoms. The number of rotatable bonds is 6. The minimum atomic E-state index is -0.578. The fourth-order valence-corrected chi connectivity index (χ4v) is 5.22. The van der Waals surface area contributed by atoms with Gasteiger partial charge in [-0.25, -0.2) is 0 Å². The van der Waals surface area contributed by atoms with Crippen LogP contribution in [0.1, 0.15) is 71.6 Å². The van der Waals surface area contributed by atoms with Gasteiger partial charge in [0, 0.05) is 6.61 Å². The van der Waals surface area contributed by atoms with Crippen LogP contribution >= 0.6 is 0 Å². The number of ether oxygens (including phenoxy) is 1. The highest BCUT2D eigenvalue weighted by Gasteiger charge is 2.63. The fourth-order valence-electron chi connectivity index (χ4n) is 5.22.